The van der Waals surface area contributed by atoms with E-state index in [0.717, 1.165) is 17.2 Å². The van der Waals surface area contributed by atoms with Crippen LogP contribution in [0.5, 0.6) is 0 Å². The third-order valence-corrected chi connectivity index (χ3v) is 5.17. The third-order valence-electron chi connectivity index (χ3n) is 5.17. The third kappa shape index (κ3) is 5.44. The molecule has 3 rings (SSSR count). The number of nitro benzene ring substituents is 1. The number of piperidine rings is 1. The van der Waals surface area contributed by atoms with E-state index in [1.807, 2.05) is 32.0 Å². The molecule has 162 valence electrons. The Morgan fingerprint density at radius 1 is 1.03 bits per heavy atom. The molecular formula is C22H24N4O5. The summed E-state index contributed by atoms with van der Waals surface area (Å²) in [5, 5.41) is 10.8. The van der Waals surface area contributed by atoms with E-state index in [1.54, 1.807) is 4.90 Å². The lowest BCUT2D eigenvalue weighted by Crippen LogP contribution is -2.50. The van der Waals surface area contributed by atoms with Crippen LogP contribution < -0.4 is 10.9 Å². The predicted octanol–water partition coefficient (Wildman–Crippen LogP) is 2.53. The Hall–Kier alpha value is -3.75. The van der Waals surface area contributed by atoms with Crippen LogP contribution in [0.4, 0.5) is 5.69 Å². The summed E-state index contributed by atoms with van der Waals surface area (Å²) in [6.45, 7) is 4.68. The fourth-order valence-electron chi connectivity index (χ4n) is 3.71. The predicted molar refractivity (Wildman–Crippen MR) is 113 cm³/mol. The molecule has 9 heteroatoms. The molecule has 0 aromatic heterocycles. The van der Waals surface area contributed by atoms with Crippen molar-refractivity contribution in [1.29, 1.82) is 0 Å². The normalized spacial score (nSPS) is 15.8. The number of hydrogen-bond acceptors (Lipinski definition) is 5. The summed E-state index contributed by atoms with van der Waals surface area (Å²) in [5.41, 5.74) is 7.10. The molecule has 31 heavy (non-hydrogen) atoms. The standard InChI is InChI=1S/C22H24N4O5/c1-14-9-15(2)11-18(10-14)22(29)25-8-4-6-17(13-25)21(28)24-23-20(27)16-5-3-7-19(12-16)26(30)31/h3,5,7,9-12,17H,4,6,8,13H2,1-2H3,(H,23,27)(H,24,28)/t17-/m0/s1. The van der Waals surface area contributed by atoms with Gasteiger partial charge in [0.2, 0.25) is 5.91 Å². The van der Waals surface area contributed by atoms with Crippen LogP contribution in [0.2, 0.25) is 0 Å². The number of nitro groups is 1. The Morgan fingerprint density at radius 2 is 1.74 bits per heavy atom. The quantitative estimate of drug-likeness (QED) is 0.577. The Kier molecular flexibility index (Phi) is 6.64. The van der Waals surface area contributed by atoms with Gasteiger partial charge < -0.3 is 4.90 Å². The lowest BCUT2D eigenvalue weighted by molar-refractivity contribution is -0.384. The fourth-order valence-corrected chi connectivity index (χ4v) is 3.71. The maximum atomic E-state index is 12.9. The van der Waals surface area contributed by atoms with Gasteiger partial charge >= 0.3 is 0 Å². The molecule has 1 fully saturated rings. The second-order valence-corrected chi connectivity index (χ2v) is 7.72. The topological polar surface area (TPSA) is 122 Å². The molecule has 3 amide bonds. The van der Waals surface area contributed by atoms with Gasteiger partial charge in [0.25, 0.3) is 17.5 Å². The van der Waals surface area contributed by atoms with Gasteiger partial charge in [-0.15, -0.1) is 0 Å². The highest BCUT2D eigenvalue weighted by Gasteiger charge is 2.29. The van der Waals surface area contributed by atoms with Gasteiger partial charge in [-0.05, 0) is 44.9 Å². The molecule has 1 atom stereocenters. The van der Waals surface area contributed by atoms with Gasteiger partial charge in [-0.3, -0.25) is 35.3 Å². The van der Waals surface area contributed by atoms with Crippen molar-refractivity contribution in [3.05, 3.63) is 74.8 Å². The number of nitrogens with zero attached hydrogens (tertiary/aromatic N) is 2. The summed E-state index contributed by atoms with van der Waals surface area (Å²) in [7, 11) is 0. The van der Waals surface area contributed by atoms with Gasteiger partial charge in [0.05, 0.1) is 10.8 Å². The smallest absolute Gasteiger partial charge is 0.270 e. The van der Waals surface area contributed by atoms with Crippen molar-refractivity contribution in [2.24, 2.45) is 5.92 Å². The number of aryl methyl sites for hydroxylation is 2. The van der Waals surface area contributed by atoms with Crippen molar-refractivity contribution in [3.63, 3.8) is 0 Å². The van der Waals surface area contributed by atoms with Gasteiger partial charge in [0.1, 0.15) is 0 Å². The Labute approximate surface area is 179 Å². The molecule has 9 nitrogen and oxygen atoms in total. The maximum Gasteiger partial charge on any atom is 0.270 e. The van der Waals surface area contributed by atoms with Crippen molar-refractivity contribution >= 4 is 23.4 Å². The Bertz CT molecular complexity index is 1020. The minimum absolute atomic E-state index is 0.0600. The number of hydrogen-bond donors (Lipinski definition) is 2. The first-order valence-corrected chi connectivity index (χ1v) is 9.97. The van der Waals surface area contributed by atoms with E-state index in [4.69, 9.17) is 0 Å². The zero-order chi connectivity index (χ0) is 22.5. The van der Waals surface area contributed by atoms with E-state index in [0.29, 0.717) is 24.9 Å². The van der Waals surface area contributed by atoms with Crippen LogP contribution in [-0.2, 0) is 4.79 Å². The SMILES string of the molecule is Cc1cc(C)cc(C(=O)N2CCC[C@H](C(=O)NNC(=O)c3cccc([N+](=O)[O-])c3)C2)c1. The highest BCUT2D eigenvalue weighted by Crippen LogP contribution is 2.20. The minimum Gasteiger partial charge on any atom is -0.338 e. The number of hydrazine groups is 1. The van der Waals surface area contributed by atoms with Gasteiger partial charge in [-0.25, -0.2) is 0 Å². The molecule has 0 aliphatic carbocycles. The van der Waals surface area contributed by atoms with Crippen LogP contribution in [0.25, 0.3) is 0 Å². The average Bonchev–Trinajstić information content (AvgIpc) is 2.76. The van der Waals surface area contributed by atoms with Gasteiger partial charge in [0.15, 0.2) is 0 Å². The van der Waals surface area contributed by atoms with Crippen molar-refractivity contribution in [2.45, 2.75) is 26.7 Å². The van der Waals surface area contributed by atoms with E-state index in [9.17, 15) is 24.5 Å². The van der Waals surface area contributed by atoms with Crippen LogP contribution in [0.1, 0.15) is 44.7 Å². The Balaban J connectivity index is 1.59. The largest absolute Gasteiger partial charge is 0.338 e. The van der Waals surface area contributed by atoms with Crippen molar-refractivity contribution in [3.8, 4) is 0 Å². The lowest BCUT2D eigenvalue weighted by Gasteiger charge is -2.32. The van der Waals surface area contributed by atoms with E-state index in [1.165, 1.54) is 18.2 Å². The molecule has 2 aromatic carbocycles. The minimum atomic E-state index is -0.656. The molecule has 0 radical (unpaired) electrons. The molecule has 0 unspecified atom stereocenters. The zero-order valence-corrected chi connectivity index (χ0v) is 17.4. The van der Waals surface area contributed by atoms with E-state index in [-0.39, 0.29) is 23.7 Å². The lowest BCUT2D eigenvalue weighted by atomic mass is 9.96. The maximum absolute atomic E-state index is 12.9. The molecule has 0 saturated carbocycles. The second-order valence-electron chi connectivity index (χ2n) is 7.72. The number of carbonyl (C=O) groups excluding carboxylic acids is 3. The summed E-state index contributed by atoms with van der Waals surface area (Å²) >= 11 is 0. The number of non-ortho nitro benzene ring substituents is 1. The van der Waals surface area contributed by atoms with Crippen LogP contribution in [0.15, 0.2) is 42.5 Å². The number of rotatable bonds is 4. The monoisotopic (exact) mass is 424 g/mol. The molecule has 2 aromatic rings. The zero-order valence-electron chi connectivity index (χ0n) is 17.4. The summed E-state index contributed by atoms with van der Waals surface area (Å²) in [6, 6.07) is 10.9. The van der Waals surface area contributed by atoms with Crippen LogP contribution in [-0.4, -0.2) is 40.6 Å². The van der Waals surface area contributed by atoms with Gasteiger partial charge in [-0.2, -0.15) is 0 Å². The summed E-state index contributed by atoms with van der Waals surface area (Å²) in [4.78, 5) is 49.5. The Morgan fingerprint density at radius 3 is 2.42 bits per heavy atom. The van der Waals surface area contributed by atoms with Gasteiger partial charge in [-0.1, -0.05) is 23.3 Å². The molecule has 0 bridgehead atoms. The van der Waals surface area contributed by atoms with E-state index >= 15 is 0 Å². The summed E-state index contributed by atoms with van der Waals surface area (Å²) in [6.07, 6.45) is 1.27. The number of nitrogens with one attached hydrogen (secondary N) is 2. The van der Waals surface area contributed by atoms with E-state index < -0.39 is 22.7 Å². The molecule has 1 saturated heterocycles. The van der Waals surface area contributed by atoms with Crippen LogP contribution in [0, 0.1) is 29.9 Å². The number of amides is 3. The first kappa shape index (κ1) is 21.9. The highest BCUT2D eigenvalue weighted by molar-refractivity contribution is 5.97. The molecule has 2 N–H and O–H groups in total. The van der Waals surface area contributed by atoms with Gasteiger partial charge in [0, 0.05) is 36.3 Å². The molecule has 0 spiro atoms. The first-order chi connectivity index (χ1) is 14.7. The summed E-state index contributed by atoms with van der Waals surface area (Å²) in [5.74, 6) is -1.65. The van der Waals surface area contributed by atoms with Crippen molar-refractivity contribution in [1.82, 2.24) is 15.8 Å². The highest BCUT2D eigenvalue weighted by atomic mass is 16.6. The second kappa shape index (κ2) is 9.38. The molecule has 1 aliphatic heterocycles. The average molecular weight is 424 g/mol. The first-order valence-electron chi connectivity index (χ1n) is 9.97. The van der Waals surface area contributed by atoms with Crippen molar-refractivity contribution < 1.29 is 19.3 Å². The fraction of sp³-hybridized carbons (Fsp3) is 0.318. The van der Waals surface area contributed by atoms with E-state index in [2.05, 4.69) is 10.9 Å². The van der Waals surface area contributed by atoms with Crippen LogP contribution in [0.3, 0.4) is 0 Å². The van der Waals surface area contributed by atoms with Crippen molar-refractivity contribution in [2.75, 3.05) is 13.1 Å². The molecule has 1 heterocycles. The number of carbonyl (C=O) groups is 3. The van der Waals surface area contributed by atoms with Crippen LogP contribution >= 0.6 is 0 Å². The summed E-state index contributed by atoms with van der Waals surface area (Å²) < 4.78 is 0. The number of benzene rings is 2. The molecular weight excluding hydrogens is 400 g/mol. The number of likely N-dealkylation sites (tertiary alicyclic amines) is 1. The molecule has 1 aliphatic rings.